The van der Waals surface area contributed by atoms with Crippen LogP contribution in [0.2, 0.25) is 0 Å². The van der Waals surface area contributed by atoms with Crippen LogP contribution in [0.3, 0.4) is 0 Å². The minimum absolute atomic E-state index is 0.00202. The van der Waals surface area contributed by atoms with Gasteiger partial charge >= 0.3 is 0 Å². The topological polar surface area (TPSA) is 49.4 Å². The van der Waals surface area contributed by atoms with Crippen molar-refractivity contribution in [1.29, 1.82) is 0 Å². The fourth-order valence-corrected chi connectivity index (χ4v) is 3.77. The molecule has 1 N–H and O–H groups in total. The molecule has 0 spiro atoms. The van der Waals surface area contributed by atoms with Crippen molar-refractivity contribution in [3.63, 3.8) is 0 Å². The summed E-state index contributed by atoms with van der Waals surface area (Å²) < 4.78 is 0. The summed E-state index contributed by atoms with van der Waals surface area (Å²) in [5, 5.41) is 5.28. The Morgan fingerprint density at radius 2 is 1.79 bits per heavy atom. The van der Waals surface area contributed by atoms with Crippen LogP contribution in [0.5, 0.6) is 0 Å². The van der Waals surface area contributed by atoms with Gasteiger partial charge in [-0.2, -0.15) is 0 Å². The smallest absolute Gasteiger partial charge is 0.241 e. The molecule has 4 nitrogen and oxygen atoms in total. The van der Waals surface area contributed by atoms with Crippen LogP contribution in [-0.4, -0.2) is 36.3 Å². The van der Waals surface area contributed by atoms with Gasteiger partial charge in [-0.1, -0.05) is 42.5 Å². The lowest BCUT2D eigenvalue weighted by Crippen LogP contribution is -2.39. The second-order valence-electron chi connectivity index (χ2n) is 6.82. The highest BCUT2D eigenvalue weighted by atomic mass is 16.2. The van der Waals surface area contributed by atoms with Gasteiger partial charge in [0.1, 0.15) is 0 Å². The molecule has 1 saturated carbocycles. The normalized spacial score (nSPS) is 22.6. The average Bonchev–Trinajstić information content (AvgIpc) is 3.22. The molecule has 2 aliphatic rings. The highest BCUT2D eigenvalue weighted by Gasteiger charge is 2.44. The Labute approximate surface area is 141 Å². The fourth-order valence-electron chi connectivity index (χ4n) is 3.77. The largest absolute Gasteiger partial charge is 0.347 e. The van der Waals surface area contributed by atoms with Gasteiger partial charge in [-0.05, 0) is 41.5 Å². The summed E-state index contributed by atoms with van der Waals surface area (Å²) in [6.07, 6.45) is 3.02. The van der Waals surface area contributed by atoms with E-state index in [9.17, 15) is 9.59 Å². The van der Waals surface area contributed by atoms with E-state index in [-0.39, 0.29) is 30.2 Å². The summed E-state index contributed by atoms with van der Waals surface area (Å²) >= 11 is 0. The predicted octanol–water partition coefficient (Wildman–Crippen LogP) is 2.68. The molecule has 4 heteroatoms. The highest BCUT2D eigenvalue weighted by Crippen LogP contribution is 2.49. The van der Waals surface area contributed by atoms with Crippen molar-refractivity contribution in [2.24, 2.45) is 5.92 Å². The molecule has 2 unspecified atom stereocenters. The molecular formula is C20H22N2O2. The lowest BCUT2D eigenvalue weighted by atomic mass is 10.00. The number of carbonyl (C=O) groups excluding carboxylic acids is 2. The maximum atomic E-state index is 12.4. The molecule has 1 heterocycles. The molecule has 2 fully saturated rings. The standard InChI is InChI=1S/C20H22N2O2/c23-19(22-10-3-4-11-22)13-21-20(24)18-12-17(18)16-9-5-7-14-6-1-2-8-15(14)16/h1-2,5-9,17-18H,3-4,10-13H2,(H,21,24). The molecule has 0 aromatic heterocycles. The van der Waals surface area contributed by atoms with Crippen molar-refractivity contribution in [2.45, 2.75) is 25.2 Å². The van der Waals surface area contributed by atoms with Gasteiger partial charge in [-0.25, -0.2) is 0 Å². The zero-order valence-electron chi connectivity index (χ0n) is 13.7. The number of likely N-dealkylation sites (tertiary alicyclic amines) is 1. The molecule has 2 aromatic carbocycles. The van der Waals surface area contributed by atoms with Crippen molar-refractivity contribution < 1.29 is 9.59 Å². The molecule has 4 rings (SSSR count). The van der Waals surface area contributed by atoms with Crippen LogP contribution < -0.4 is 5.32 Å². The van der Waals surface area contributed by atoms with Gasteiger partial charge in [0, 0.05) is 19.0 Å². The van der Waals surface area contributed by atoms with E-state index in [4.69, 9.17) is 0 Å². The summed E-state index contributed by atoms with van der Waals surface area (Å²) in [6, 6.07) is 14.6. The number of nitrogens with zero attached hydrogens (tertiary/aromatic N) is 1. The van der Waals surface area contributed by atoms with Crippen molar-refractivity contribution in [3.05, 3.63) is 48.0 Å². The third-order valence-electron chi connectivity index (χ3n) is 5.22. The minimum Gasteiger partial charge on any atom is -0.347 e. The Bertz CT molecular complexity index is 775. The van der Waals surface area contributed by atoms with E-state index in [2.05, 4.69) is 35.6 Å². The van der Waals surface area contributed by atoms with Crippen LogP contribution in [0.1, 0.15) is 30.7 Å². The fraction of sp³-hybridized carbons (Fsp3) is 0.400. The van der Waals surface area contributed by atoms with Gasteiger partial charge in [0.05, 0.1) is 6.54 Å². The van der Waals surface area contributed by atoms with Crippen LogP contribution in [0, 0.1) is 5.92 Å². The Kier molecular flexibility index (Phi) is 3.97. The minimum atomic E-state index is 0.00202. The lowest BCUT2D eigenvalue weighted by molar-refractivity contribution is -0.132. The number of hydrogen-bond acceptors (Lipinski definition) is 2. The van der Waals surface area contributed by atoms with E-state index < -0.39 is 0 Å². The zero-order valence-corrected chi connectivity index (χ0v) is 13.7. The van der Waals surface area contributed by atoms with Gasteiger partial charge in [0.15, 0.2) is 0 Å². The van der Waals surface area contributed by atoms with E-state index in [0.717, 1.165) is 32.4 Å². The monoisotopic (exact) mass is 322 g/mol. The summed E-state index contributed by atoms with van der Waals surface area (Å²) in [5.41, 5.74) is 1.25. The number of rotatable bonds is 4. The second-order valence-corrected chi connectivity index (χ2v) is 6.82. The molecule has 1 saturated heterocycles. The van der Waals surface area contributed by atoms with Gasteiger partial charge in [-0.15, -0.1) is 0 Å². The number of fused-ring (bicyclic) bond motifs is 1. The van der Waals surface area contributed by atoms with Gasteiger partial charge in [0.2, 0.25) is 11.8 Å². The Hall–Kier alpha value is -2.36. The third kappa shape index (κ3) is 2.88. The van der Waals surface area contributed by atoms with Gasteiger partial charge in [-0.3, -0.25) is 9.59 Å². The first-order valence-electron chi connectivity index (χ1n) is 8.77. The average molecular weight is 322 g/mol. The Morgan fingerprint density at radius 3 is 2.62 bits per heavy atom. The summed E-state index contributed by atoms with van der Waals surface area (Å²) in [7, 11) is 0. The lowest BCUT2D eigenvalue weighted by Gasteiger charge is -2.15. The van der Waals surface area contributed by atoms with Crippen LogP contribution in [0.25, 0.3) is 10.8 Å². The SMILES string of the molecule is O=C(NCC(=O)N1CCCC1)C1CC1c1cccc2ccccc12. The van der Waals surface area contributed by atoms with E-state index in [1.165, 1.54) is 16.3 Å². The molecule has 2 amide bonds. The molecule has 2 aromatic rings. The van der Waals surface area contributed by atoms with E-state index in [0.29, 0.717) is 0 Å². The molecule has 0 bridgehead atoms. The van der Waals surface area contributed by atoms with Crippen LogP contribution >= 0.6 is 0 Å². The molecule has 1 aliphatic heterocycles. The highest BCUT2D eigenvalue weighted by molar-refractivity contribution is 5.91. The summed E-state index contributed by atoms with van der Waals surface area (Å²) in [6.45, 7) is 1.80. The maximum absolute atomic E-state index is 12.4. The van der Waals surface area contributed by atoms with Crippen LogP contribution in [0.4, 0.5) is 0 Å². The van der Waals surface area contributed by atoms with Gasteiger partial charge in [0.25, 0.3) is 0 Å². The molecule has 0 radical (unpaired) electrons. The molecule has 24 heavy (non-hydrogen) atoms. The summed E-state index contributed by atoms with van der Waals surface area (Å²) in [5.74, 6) is 0.337. The molecule has 124 valence electrons. The number of benzene rings is 2. The predicted molar refractivity (Wildman–Crippen MR) is 93.6 cm³/mol. The first-order chi connectivity index (χ1) is 11.7. The number of carbonyl (C=O) groups is 2. The number of hydrogen-bond donors (Lipinski definition) is 1. The zero-order chi connectivity index (χ0) is 16.5. The molecule has 1 aliphatic carbocycles. The molecule has 2 atom stereocenters. The quantitative estimate of drug-likeness (QED) is 0.941. The van der Waals surface area contributed by atoms with Crippen molar-refractivity contribution in [1.82, 2.24) is 10.2 Å². The van der Waals surface area contributed by atoms with Crippen molar-refractivity contribution in [3.8, 4) is 0 Å². The van der Waals surface area contributed by atoms with Crippen molar-refractivity contribution >= 4 is 22.6 Å². The number of amides is 2. The maximum Gasteiger partial charge on any atom is 0.241 e. The third-order valence-corrected chi connectivity index (χ3v) is 5.22. The van der Waals surface area contributed by atoms with E-state index >= 15 is 0 Å². The van der Waals surface area contributed by atoms with Crippen LogP contribution in [-0.2, 0) is 9.59 Å². The Morgan fingerprint density at radius 1 is 1.04 bits per heavy atom. The Balaban J connectivity index is 1.38. The van der Waals surface area contributed by atoms with Crippen LogP contribution in [0.15, 0.2) is 42.5 Å². The number of nitrogens with one attached hydrogen (secondary N) is 1. The first kappa shape index (κ1) is 15.2. The summed E-state index contributed by atoms with van der Waals surface area (Å²) in [4.78, 5) is 26.2. The first-order valence-corrected chi connectivity index (χ1v) is 8.77. The van der Waals surface area contributed by atoms with Crippen molar-refractivity contribution in [2.75, 3.05) is 19.6 Å². The van der Waals surface area contributed by atoms with E-state index in [1.54, 1.807) is 0 Å². The van der Waals surface area contributed by atoms with E-state index in [1.807, 2.05) is 17.0 Å². The van der Waals surface area contributed by atoms with Gasteiger partial charge < -0.3 is 10.2 Å². The second kappa shape index (κ2) is 6.27. The molecular weight excluding hydrogens is 300 g/mol.